The largest absolute Gasteiger partial charge is 1.00 e. The predicted molar refractivity (Wildman–Crippen MR) is 50.4 cm³/mol. The first-order valence-corrected chi connectivity index (χ1v) is 4.36. The van der Waals surface area contributed by atoms with E-state index >= 15 is 0 Å². The average molecular weight is 263 g/mol. The standard InChI is InChI=1S/C9H5ClN2O3.K/c10-8-6-4(1-2-11-8)5(3-12-6)7(13)9(14)15;/h1-3,12H,(H,14,15);/q;+1/p-1. The molecule has 0 unspecified atom stereocenters. The van der Waals surface area contributed by atoms with Crippen LogP contribution in [-0.2, 0) is 4.79 Å². The number of aromatic nitrogens is 2. The molecule has 5 nitrogen and oxygen atoms in total. The number of nitrogens with zero attached hydrogens (tertiary/aromatic N) is 1. The maximum Gasteiger partial charge on any atom is 1.00 e. The molecule has 0 spiro atoms. The number of carbonyl (C=O) groups excluding carboxylic acids is 2. The van der Waals surface area contributed by atoms with E-state index in [4.69, 9.17) is 11.6 Å². The zero-order valence-electron chi connectivity index (χ0n) is 8.28. The van der Waals surface area contributed by atoms with Crippen molar-refractivity contribution in [3.05, 3.63) is 29.2 Å². The molecule has 16 heavy (non-hydrogen) atoms. The number of pyridine rings is 1. The summed E-state index contributed by atoms with van der Waals surface area (Å²) < 4.78 is 0. The summed E-state index contributed by atoms with van der Waals surface area (Å²) in [4.78, 5) is 28.1. The van der Waals surface area contributed by atoms with Gasteiger partial charge in [0.1, 0.15) is 5.97 Å². The summed E-state index contributed by atoms with van der Waals surface area (Å²) in [6.45, 7) is 0. The van der Waals surface area contributed by atoms with E-state index in [1.54, 1.807) is 0 Å². The molecular weight excluding hydrogens is 259 g/mol. The minimum absolute atomic E-state index is 0. The van der Waals surface area contributed by atoms with Crippen molar-refractivity contribution in [3.63, 3.8) is 0 Å². The topological polar surface area (TPSA) is 85.9 Å². The Balaban J connectivity index is 0.00000128. The number of carbonyl (C=O) groups is 2. The summed E-state index contributed by atoms with van der Waals surface area (Å²) in [5.74, 6) is -2.83. The fourth-order valence-corrected chi connectivity index (χ4v) is 1.53. The molecule has 2 rings (SSSR count). The number of nitrogens with one attached hydrogen (secondary N) is 1. The Kier molecular flexibility index (Phi) is 4.66. The van der Waals surface area contributed by atoms with Crippen LogP contribution < -0.4 is 56.5 Å². The van der Waals surface area contributed by atoms with Crippen LogP contribution >= 0.6 is 11.6 Å². The summed E-state index contributed by atoms with van der Waals surface area (Å²) in [5.41, 5.74) is 0.457. The molecule has 76 valence electrons. The molecular formula is C9H4ClKN2O3. The number of carboxylic acids is 1. The van der Waals surface area contributed by atoms with Crippen LogP contribution in [0, 0.1) is 0 Å². The summed E-state index contributed by atoms with van der Waals surface area (Å²) >= 11 is 5.74. The van der Waals surface area contributed by atoms with Gasteiger partial charge >= 0.3 is 51.4 Å². The molecule has 0 aliphatic carbocycles. The van der Waals surface area contributed by atoms with Crippen molar-refractivity contribution in [2.75, 3.05) is 0 Å². The molecule has 0 amide bonds. The zero-order valence-corrected chi connectivity index (χ0v) is 12.2. The van der Waals surface area contributed by atoms with E-state index in [2.05, 4.69) is 9.97 Å². The van der Waals surface area contributed by atoms with E-state index in [9.17, 15) is 14.7 Å². The molecule has 0 atom stereocenters. The Morgan fingerprint density at radius 2 is 2.12 bits per heavy atom. The molecule has 0 fully saturated rings. The van der Waals surface area contributed by atoms with Crippen LogP contribution in [-0.4, -0.2) is 21.7 Å². The van der Waals surface area contributed by atoms with Crippen LogP contribution in [0.1, 0.15) is 10.4 Å². The van der Waals surface area contributed by atoms with E-state index in [1.165, 1.54) is 18.5 Å². The van der Waals surface area contributed by atoms with Crippen molar-refractivity contribution in [1.29, 1.82) is 0 Å². The quantitative estimate of drug-likeness (QED) is 0.273. The van der Waals surface area contributed by atoms with E-state index in [-0.39, 0.29) is 62.1 Å². The molecule has 0 aliphatic heterocycles. The van der Waals surface area contributed by atoms with Crippen molar-refractivity contribution in [2.24, 2.45) is 0 Å². The van der Waals surface area contributed by atoms with Gasteiger partial charge in [-0.25, -0.2) is 4.98 Å². The molecule has 0 saturated carbocycles. The maximum atomic E-state index is 11.2. The molecule has 0 radical (unpaired) electrons. The van der Waals surface area contributed by atoms with Gasteiger partial charge in [-0.1, -0.05) is 11.6 Å². The zero-order chi connectivity index (χ0) is 11.0. The first kappa shape index (κ1) is 13.8. The van der Waals surface area contributed by atoms with E-state index in [1.807, 2.05) is 0 Å². The first-order valence-electron chi connectivity index (χ1n) is 3.98. The van der Waals surface area contributed by atoms with Gasteiger partial charge in [0.05, 0.1) is 5.52 Å². The second-order valence-corrected chi connectivity index (χ2v) is 3.20. The molecule has 0 aliphatic rings. The van der Waals surface area contributed by atoms with E-state index < -0.39 is 11.8 Å². The van der Waals surface area contributed by atoms with Crippen LogP contribution in [0.5, 0.6) is 0 Å². The third-order valence-corrected chi connectivity index (χ3v) is 2.27. The molecule has 7 heteroatoms. The number of halogens is 1. The molecule has 2 aromatic rings. The molecule has 0 aromatic carbocycles. The van der Waals surface area contributed by atoms with Crippen LogP contribution in [0.3, 0.4) is 0 Å². The smallest absolute Gasteiger partial charge is 0.541 e. The number of hydrogen-bond donors (Lipinski definition) is 1. The first-order chi connectivity index (χ1) is 7.11. The van der Waals surface area contributed by atoms with Gasteiger partial charge in [0.2, 0.25) is 5.78 Å². The van der Waals surface area contributed by atoms with Gasteiger partial charge in [-0.15, -0.1) is 0 Å². The van der Waals surface area contributed by atoms with E-state index in [0.29, 0.717) is 10.9 Å². The molecule has 1 N–H and O–H groups in total. The Morgan fingerprint density at radius 1 is 1.44 bits per heavy atom. The minimum atomic E-state index is -1.75. The van der Waals surface area contributed by atoms with Crippen LogP contribution in [0.4, 0.5) is 0 Å². The van der Waals surface area contributed by atoms with Gasteiger partial charge in [-0.05, 0) is 6.07 Å². The Labute approximate surface area is 138 Å². The van der Waals surface area contributed by atoms with Crippen molar-refractivity contribution >= 4 is 34.3 Å². The van der Waals surface area contributed by atoms with Gasteiger partial charge in [-0.3, -0.25) is 4.79 Å². The number of carboxylic acid groups (broad SMARTS) is 1. The van der Waals surface area contributed by atoms with Crippen LogP contribution in [0.15, 0.2) is 18.5 Å². The Hall–Kier alpha value is -0.244. The molecule has 0 bridgehead atoms. The van der Waals surface area contributed by atoms with Gasteiger partial charge in [0.15, 0.2) is 5.15 Å². The SMILES string of the molecule is O=C([O-])C(=O)c1c[nH]c2c(Cl)nccc12.[K+]. The van der Waals surface area contributed by atoms with Crippen molar-refractivity contribution < 1.29 is 66.1 Å². The van der Waals surface area contributed by atoms with Crippen LogP contribution in [0.25, 0.3) is 10.9 Å². The fraction of sp³-hybridized carbons (Fsp3) is 0. The molecule has 2 aromatic heterocycles. The normalized spacial score (nSPS) is 9.81. The predicted octanol–water partition coefficient (Wildman–Crippen LogP) is -2.85. The van der Waals surface area contributed by atoms with Crippen molar-refractivity contribution in [1.82, 2.24) is 9.97 Å². The average Bonchev–Trinajstić information content (AvgIpc) is 2.61. The third kappa shape index (κ3) is 2.37. The Morgan fingerprint density at radius 3 is 2.75 bits per heavy atom. The number of Topliss-reactive ketones (excluding diaryl/α,β-unsaturated/α-hetero) is 1. The third-order valence-electron chi connectivity index (χ3n) is 1.99. The summed E-state index contributed by atoms with van der Waals surface area (Å²) in [6, 6.07) is 1.51. The van der Waals surface area contributed by atoms with Crippen molar-refractivity contribution in [3.8, 4) is 0 Å². The number of aliphatic carboxylic acids is 1. The summed E-state index contributed by atoms with van der Waals surface area (Å²) in [7, 11) is 0. The molecule has 2 heterocycles. The number of rotatable bonds is 2. The number of aromatic amines is 1. The second kappa shape index (κ2) is 5.39. The van der Waals surface area contributed by atoms with Gasteiger partial charge < -0.3 is 14.9 Å². The number of hydrogen-bond acceptors (Lipinski definition) is 4. The number of fused-ring (bicyclic) bond motifs is 1. The second-order valence-electron chi connectivity index (χ2n) is 2.84. The number of H-pyrrole nitrogens is 1. The maximum absolute atomic E-state index is 11.2. The van der Waals surface area contributed by atoms with Gasteiger partial charge in [0, 0.05) is 23.3 Å². The monoisotopic (exact) mass is 262 g/mol. The van der Waals surface area contributed by atoms with Crippen molar-refractivity contribution in [2.45, 2.75) is 0 Å². The molecule has 0 saturated heterocycles. The minimum Gasteiger partial charge on any atom is -0.541 e. The van der Waals surface area contributed by atoms with Gasteiger partial charge in [0.25, 0.3) is 0 Å². The summed E-state index contributed by atoms with van der Waals surface area (Å²) in [5, 5.41) is 11.0. The van der Waals surface area contributed by atoms with Crippen LogP contribution in [0.2, 0.25) is 5.15 Å². The fourth-order valence-electron chi connectivity index (χ4n) is 1.32. The van der Waals surface area contributed by atoms with Gasteiger partial charge in [-0.2, -0.15) is 0 Å². The Bertz CT molecular complexity index is 567. The summed E-state index contributed by atoms with van der Waals surface area (Å²) in [6.07, 6.45) is 2.67. The number of ketones is 1. The van der Waals surface area contributed by atoms with E-state index in [0.717, 1.165) is 0 Å².